The summed E-state index contributed by atoms with van der Waals surface area (Å²) < 4.78 is 0. The van der Waals surface area contributed by atoms with Crippen LogP contribution in [0.4, 0.5) is 0 Å². The van der Waals surface area contributed by atoms with Gasteiger partial charge in [-0.2, -0.15) is 0 Å². The molecule has 67 valence electrons. The molecule has 1 heteroatoms. The van der Waals surface area contributed by atoms with Crippen LogP contribution in [0.3, 0.4) is 0 Å². The zero-order valence-corrected chi connectivity index (χ0v) is 9.00. The number of rotatable bonds is 8. The van der Waals surface area contributed by atoms with Gasteiger partial charge in [0.05, 0.1) is 0 Å². The second kappa shape index (κ2) is 10.4. The van der Waals surface area contributed by atoms with Crippen molar-refractivity contribution in [2.45, 2.75) is 52.4 Å². The lowest BCUT2D eigenvalue weighted by molar-refractivity contribution is 0.705. The summed E-state index contributed by atoms with van der Waals surface area (Å²) in [6.07, 6.45) is 11.4. The van der Waals surface area contributed by atoms with Gasteiger partial charge in [-0.05, 0) is 25.2 Å². The molecule has 0 spiro atoms. The van der Waals surface area contributed by atoms with Gasteiger partial charge < -0.3 is 0 Å². The summed E-state index contributed by atoms with van der Waals surface area (Å²) in [6, 6.07) is 0. The van der Waals surface area contributed by atoms with Crippen molar-refractivity contribution in [2.75, 3.05) is 12.3 Å². The first-order valence-corrected chi connectivity index (χ1v) is 6.31. The fourth-order valence-electron chi connectivity index (χ4n) is 1.03. The first kappa shape index (κ1) is 11.4. The molecule has 0 aliphatic carbocycles. The van der Waals surface area contributed by atoms with Gasteiger partial charge in [-0.1, -0.05) is 48.1 Å². The topological polar surface area (TPSA) is 0 Å². The van der Waals surface area contributed by atoms with Gasteiger partial charge in [0, 0.05) is 0 Å². The van der Waals surface area contributed by atoms with Crippen LogP contribution in [0.1, 0.15) is 52.4 Å². The molecule has 0 rings (SSSR count). The molecule has 0 aromatic carbocycles. The molecule has 0 aromatic heterocycles. The Labute approximate surface area is 73.9 Å². The lowest BCUT2D eigenvalue weighted by atomic mass is 10.2. The third kappa shape index (κ3) is 10.4. The molecule has 0 aliphatic heterocycles. The molecule has 11 heavy (non-hydrogen) atoms. The van der Waals surface area contributed by atoms with Crippen molar-refractivity contribution in [3.05, 3.63) is 0 Å². The van der Waals surface area contributed by atoms with Crippen molar-refractivity contribution in [3.63, 3.8) is 0 Å². The molecule has 0 nitrogen and oxygen atoms in total. The average Bonchev–Trinajstić information content (AvgIpc) is 2.03. The molecule has 0 saturated carbocycles. The van der Waals surface area contributed by atoms with E-state index in [9.17, 15) is 0 Å². The van der Waals surface area contributed by atoms with Gasteiger partial charge in [-0.3, -0.25) is 0 Å². The summed E-state index contributed by atoms with van der Waals surface area (Å²) in [4.78, 5) is 0. The second-order valence-corrected chi connectivity index (χ2v) is 4.43. The first-order chi connectivity index (χ1) is 5.41. The molecule has 0 fully saturated rings. The Hall–Kier alpha value is 0.430. The maximum absolute atomic E-state index is 2.27. The zero-order chi connectivity index (χ0) is 8.36. The number of unbranched alkanes of at least 4 members (excludes halogenated alkanes) is 4. The molecule has 0 unspecified atom stereocenters. The Morgan fingerprint density at radius 3 is 2.00 bits per heavy atom. The van der Waals surface area contributed by atoms with Gasteiger partial charge in [0.2, 0.25) is 0 Å². The van der Waals surface area contributed by atoms with Crippen LogP contribution in [0.5, 0.6) is 0 Å². The monoisotopic (exact) mass is 173 g/mol. The van der Waals surface area contributed by atoms with E-state index < -0.39 is 0 Å². The fourth-order valence-corrected chi connectivity index (χ4v) is 2.24. The summed E-state index contributed by atoms with van der Waals surface area (Å²) in [5, 5.41) is 0. The maximum atomic E-state index is 2.27. The van der Waals surface area contributed by atoms with E-state index in [0.29, 0.717) is 0 Å². The summed E-state index contributed by atoms with van der Waals surface area (Å²) in [7, 11) is 1.69. The van der Waals surface area contributed by atoms with E-state index in [2.05, 4.69) is 13.8 Å². The summed E-state index contributed by atoms with van der Waals surface area (Å²) in [5.41, 5.74) is 0. The quantitative estimate of drug-likeness (QED) is 0.379. The Morgan fingerprint density at radius 2 is 1.36 bits per heavy atom. The standard InChI is InChI=1S/C10H22P/c1-3-5-7-8-10-11-9-6-4-2/h3-10H2,1-2H3. The Bertz CT molecular complexity index is 53.9. The minimum Gasteiger partial charge on any atom is -0.0810 e. The van der Waals surface area contributed by atoms with Gasteiger partial charge in [0.15, 0.2) is 0 Å². The van der Waals surface area contributed by atoms with Gasteiger partial charge in [-0.15, -0.1) is 0 Å². The SMILES string of the molecule is CCCCCC[P]CCCC. The van der Waals surface area contributed by atoms with E-state index in [-0.39, 0.29) is 0 Å². The van der Waals surface area contributed by atoms with Crippen LogP contribution in [-0.4, -0.2) is 12.3 Å². The average molecular weight is 173 g/mol. The van der Waals surface area contributed by atoms with Crippen LogP contribution in [0.25, 0.3) is 0 Å². The summed E-state index contributed by atoms with van der Waals surface area (Å²) in [6.45, 7) is 4.54. The minimum atomic E-state index is 1.36. The third-order valence-corrected chi connectivity index (χ3v) is 3.10. The third-order valence-electron chi connectivity index (χ3n) is 1.84. The molecule has 1 radical (unpaired) electrons. The van der Waals surface area contributed by atoms with Crippen LogP contribution in [0, 0.1) is 0 Å². The molecular weight excluding hydrogens is 151 g/mol. The van der Waals surface area contributed by atoms with E-state index >= 15 is 0 Å². The van der Waals surface area contributed by atoms with Crippen molar-refractivity contribution >= 4 is 8.58 Å². The molecular formula is C10H22P. The fraction of sp³-hybridized carbons (Fsp3) is 1.00. The molecule has 0 N–H and O–H groups in total. The molecule has 0 aliphatic rings. The molecule has 0 amide bonds. The molecule has 0 bridgehead atoms. The number of hydrogen-bond donors (Lipinski definition) is 0. The highest BCUT2D eigenvalue weighted by atomic mass is 31.1. The van der Waals surface area contributed by atoms with Gasteiger partial charge in [0.25, 0.3) is 0 Å². The Balaban J connectivity index is 2.69. The van der Waals surface area contributed by atoms with E-state index in [1.807, 2.05) is 0 Å². The van der Waals surface area contributed by atoms with Crippen molar-refractivity contribution < 1.29 is 0 Å². The smallest absolute Gasteiger partial charge is 0.0287 e. The minimum absolute atomic E-state index is 1.36. The predicted molar refractivity (Wildman–Crippen MR) is 55.7 cm³/mol. The lowest BCUT2D eigenvalue weighted by Gasteiger charge is -1.98. The van der Waals surface area contributed by atoms with Gasteiger partial charge in [-0.25, -0.2) is 0 Å². The van der Waals surface area contributed by atoms with Crippen molar-refractivity contribution in [3.8, 4) is 0 Å². The molecule has 0 aromatic rings. The zero-order valence-electron chi connectivity index (χ0n) is 8.10. The van der Waals surface area contributed by atoms with E-state index in [0.717, 1.165) is 0 Å². The van der Waals surface area contributed by atoms with Crippen LogP contribution in [0.15, 0.2) is 0 Å². The van der Waals surface area contributed by atoms with Crippen LogP contribution >= 0.6 is 8.58 Å². The van der Waals surface area contributed by atoms with Crippen LogP contribution in [-0.2, 0) is 0 Å². The van der Waals surface area contributed by atoms with Gasteiger partial charge >= 0.3 is 0 Å². The van der Waals surface area contributed by atoms with Crippen LogP contribution < -0.4 is 0 Å². The lowest BCUT2D eigenvalue weighted by Crippen LogP contribution is -1.81. The van der Waals surface area contributed by atoms with Crippen molar-refractivity contribution in [2.24, 2.45) is 0 Å². The largest absolute Gasteiger partial charge is 0.0810 e. The highest BCUT2D eigenvalue weighted by molar-refractivity contribution is 7.37. The predicted octanol–water partition coefficient (Wildman–Crippen LogP) is 4.31. The normalized spacial score (nSPS) is 11.5. The van der Waals surface area contributed by atoms with Crippen LogP contribution in [0.2, 0.25) is 0 Å². The summed E-state index contributed by atoms with van der Waals surface area (Å²) >= 11 is 0. The molecule has 0 saturated heterocycles. The first-order valence-electron chi connectivity index (χ1n) is 5.05. The Kier molecular flexibility index (Phi) is 10.8. The summed E-state index contributed by atoms with van der Waals surface area (Å²) in [5.74, 6) is 0. The Morgan fingerprint density at radius 1 is 0.727 bits per heavy atom. The van der Waals surface area contributed by atoms with Gasteiger partial charge in [0.1, 0.15) is 0 Å². The highest BCUT2D eigenvalue weighted by Crippen LogP contribution is 2.15. The van der Waals surface area contributed by atoms with Crippen molar-refractivity contribution in [1.82, 2.24) is 0 Å². The maximum Gasteiger partial charge on any atom is -0.0287 e. The molecule has 0 heterocycles. The van der Waals surface area contributed by atoms with E-state index in [1.165, 1.54) is 50.8 Å². The van der Waals surface area contributed by atoms with E-state index in [1.54, 1.807) is 8.58 Å². The highest BCUT2D eigenvalue weighted by Gasteiger charge is 1.89. The van der Waals surface area contributed by atoms with Crippen molar-refractivity contribution in [1.29, 1.82) is 0 Å². The van der Waals surface area contributed by atoms with E-state index in [4.69, 9.17) is 0 Å². The number of hydrogen-bond acceptors (Lipinski definition) is 0. The second-order valence-electron chi connectivity index (χ2n) is 3.09. The molecule has 0 atom stereocenters.